The number of nitro benzene ring substituents is 1. The van der Waals surface area contributed by atoms with Crippen molar-refractivity contribution in [2.75, 3.05) is 5.32 Å². The van der Waals surface area contributed by atoms with Gasteiger partial charge in [-0.2, -0.15) is 0 Å². The van der Waals surface area contributed by atoms with Gasteiger partial charge in [-0.25, -0.2) is 4.99 Å². The SMILES string of the molecule is O=C1CC(c2ccco2)=Nc2cc([N+](=O)[O-])ccc2N1. The van der Waals surface area contributed by atoms with E-state index in [1.165, 1.54) is 24.5 Å². The minimum Gasteiger partial charge on any atom is -0.463 e. The fourth-order valence-corrected chi connectivity index (χ4v) is 1.95. The molecule has 0 saturated carbocycles. The van der Waals surface area contributed by atoms with E-state index in [1.807, 2.05) is 0 Å². The first-order chi connectivity index (χ1) is 9.63. The number of fused-ring (bicyclic) bond motifs is 1. The second-order valence-corrected chi connectivity index (χ2v) is 4.22. The highest BCUT2D eigenvalue weighted by Crippen LogP contribution is 2.32. The van der Waals surface area contributed by atoms with Crippen LogP contribution in [0.1, 0.15) is 12.2 Å². The Morgan fingerprint density at radius 3 is 2.90 bits per heavy atom. The van der Waals surface area contributed by atoms with Crippen LogP contribution in [-0.4, -0.2) is 16.5 Å². The summed E-state index contributed by atoms with van der Waals surface area (Å²) in [5, 5.41) is 13.5. The third-order valence-corrected chi connectivity index (χ3v) is 2.86. The number of carbonyl (C=O) groups excluding carboxylic acids is 1. The van der Waals surface area contributed by atoms with Crippen LogP contribution in [0.15, 0.2) is 46.0 Å². The van der Waals surface area contributed by atoms with E-state index in [1.54, 1.807) is 12.1 Å². The van der Waals surface area contributed by atoms with E-state index in [4.69, 9.17) is 4.42 Å². The van der Waals surface area contributed by atoms with Crippen molar-refractivity contribution in [3.05, 3.63) is 52.5 Å². The van der Waals surface area contributed by atoms with E-state index >= 15 is 0 Å². The van der Waals surface area contributed by atoms with E-state index in [0.717, 1.165) is 0 Å². The fourth-order valence-electron chi connectivity index (χ4n) is 1.95. The highest BCUT2D eigenvalue weighted by molar-refractivity contribution is 6.15. The number of anilines is 1. The quantitative estimate of drug-likeness (QED) is 0.670. The van der Waals surface area contributed by atoms with Crippen molar-refractivity contribution in [2.24, 2.45) is 4.99 Å². The third-order valence-electron chi connectivity index (χ3n) is 2.86. The highest BCUT2D eigenvalue weighted by Gasteiger charge is 2.20. The first kappa shape index (κ1) is 12.1. The molecular formula is C13H9N3O4. The van der Waals surface area contributed by atoms with Crippen molar-refractivity contribution in [1.29, 1.82) is 0 Å². The Morgan fingerprint density at radius 1 is 1.35 bits per heavy atom. The van der Waals surface area contributed by atoms with Crippen LogP contribution in [0.4, 0.5) is 17.1 Å². The zero-order chi connectivity index (χ0) is 14.1. The van der Waals surface area contributed by atoms with Crippen LogP contribution in [0.5, 0.6) is 0 Å². The van der Waals surface area contributed by atoms with Gasteiger partial charge in [0.2, 0.25) is 5.91 Å². The second-order valence-electron chi connectivity index (χ2n) is 4.22. The summed E-state index contributed by atoms with van der Waals surface area (Å²) in [6.45, 7) is 0. The molecule has 1 aromatic heterocycles. The van der Waals surface area contributed by atoms with Crippen molar-refractivity contribution < 1.29 is 14.1 Å². The van der Waals surface area contributed by atoms with E-state index < -0.39 is 4.92 Å². The molecule has 1 aromatic carbocycles. The van der Waals surface area contributed by atoms with Crippen LogP contribution < -0.4 is 5.32 Å². The molecule has 20 heavy (non-hydrogen) atoms. The van der Waals surface area contributed by atoms with Crippen molar-refractivity contribution in [3.63, 3.8) is 0 Å². The van der Waals surface area contributed by atoms with Gasteiger partial charge in [0.15, 0.2) is 0 Å². The van der Waals surface area contributed by atoms with Crippen molar-refractivity contribution >= 4 is 28.7 Å². The monoisotopic (exact) mass is 271 g/mol. The molecule has 0 bridgehead atoms. The largest absolute Gasteiger partial charge is 0.463 e. The number of amides is 1. The van der Waals surface area contributed by atoms with Gasteiger partial charge in [0.05, 0.1) is 34.7 Å². The Kier molecular flexibility index (Phi) is 2.79. The fraction of sp³-hybridized carbons (Fsp3) is 0.0769. The Balaban J connectivity index is 2.13. The number of furan rings is 1. The Labute approximate surface area is 113 Å². The summed E-state index contributed by atoms with van der Waals surface area (Å²) in [5.74, 6) is 0.229. The molecular weight excluding hydrogens is 262 g/mol. The normalized spacial score (nSPS) is 14.0. The molecule has 0 unspecified atom stereocenters. The van der Waals surface area contributed by atoms with E-state index in [-0.39, 0.29) is 18.0 Å². The number of nitrogens with one attached hydrogen (secondary N) is 1. The first-order valence-corrected chi connectivity index (χ1v) is 5.83. The number of hydrogen-bond donors (Lipinski definition) is 1. The maximum absolute atomic E-state index is 11.8. The molecule has 2 heterocycles. The molecule has 1 N–H and O–H groups in total. The summed E-state index contributed by atoms with van der Waals surface area (Å²) >= 11 is 0. The van der Waals surface area contributed by atoms with E-state index in [9.17, 15) is 14.9 Å². The number of nitrogens with zero attached hydrogens (tertiary/aromatic N) is 2. The summed E-state index contributed by atoms with van der Waals surface area (Å²) in [6.07, 6.45) is 1.53. The summed E-state index contributed by atoms with van der Waals surface area (Å²) in [5.41, 5.74) is 1.15. The molecule has 100 valence electrons. The van der Waals surface area contributed by atoms with Crippen LogP contribution in [0.3, 0.4) is 0 Å². The third kappa shape index (κ3) is 2.16. The molecule has 0 saturated heterocycles. The van der Waals surface area contributed by atoms with E-state index in [2.05, 4.69) is 10.3 Å². The van der Waals surface area contributed by atoms with Gasteiger partial charge in [0.1, 0.15) is 5.76 Å². The number of non-ortho nitro benzene ring substituents is 1. The Bertz CT molecular complexity index is 719. The lowest BCUT2D eigenvalue weighted by Gasteiger charge is -2.03. The van der Waals surface area contributed by atoms with Crippen molar-refractivity contribution in [3.8, 4) is 0 Å². The van der Waals surface area contributed by atoms with Crippen LogP contribution >= 0.6 is 0 Å². The Hall–Kier alpha value is -2.96. The average Bonchev–Trinajstić information content (AvgIpc) is 2.88. The zero-order valence-electron chi connectivity index (χ0n) is 10.2. The van der Waals surface area contributed by atoms with Gasteiger partial charge in [0, 0.05) is 12.1 Å². The van der Waals surface area contributed by atoms with Gasteiger partial charge in [-0.15, -0.1) is 0 Å². The van der Waals surface area contributed by atoms with Crippen molar-refractivity contribution in [1.82, 2.24) is 0 Å². The summed E-state index contributed by atoms with van der Waals surface area (Å²) in [6, 6.07) is 7.50. The van der Waals surface area contributed by atoms with Crippen LogP contribution in [-0.2, 0) is 4.79 Å². The molecule has 1 amide bonds. The number of rotatable bonds is 2. The molecule has 7 heteroatoms. The van der Waals surface area contributed by atoms with Gasteiger partial charge >= 0.3 is 0 Å². The first-order valence-electron chi connectivity index (χ1n) is 5.83. The van der Waals surface area contributed by atoms with Gasteiger partial charge in [-0.05, 0) is 18.2 Å². The predicted octanol–water partition coefficient (Wildman–Crippen LogP) is 2.65. The topological polar surface area (TPSA) is 97.7 Å². The number of benzene rings is 1. The summed E-state index contributed by atoms with van der Waals surface area (Å²) < 4.78 is 5.22. The number of carbonyl (C=O) groups is 1. The minimum absolute atomic E-state index is 0.0516. The lowest BCUT2D eigenvalue weighted by Crippen LogP contribution is -2.14. The zero-order valence-corrected chi connectivity index (χ0v) is 10.2. The molecule has 0 fully saturated rings. The van der Waals surface area contributed by atoms with Crippen LogP contribution in [0, 0.1) is 10.1 Å². The number of nitro groups is 1. The van der Waals surface area contributed by atoms with Crippen molar-refractivity contribution in [2.45, 2.75) is 6.42 Å². The molecule has 3 rings (SSSR count). The van der Waals surface area contributed by atoms with Crippen LogP contribution in [0.2, 0.25) is 0 Å². The molecule has 0 aliphatic carbocycles. The number of aliphatic imine (C=N–C) groups is 1. The van der Waals surface area contributed by atoms with Gasteiger partial charge in [-0.3, -0.25) is 14.9 Å². The lowest BCUT2D eigenvalue weighted by atomic mass is 10.2. The summed E-state index contributed by atoms with van der Waals surface area (Å²) in [7, 11) is 0. The maximum Gasteiger partial charge on any atom is 0.271 e. The van der Waals surface area contributed by atoms with Gasteiger partial charge < -0.3 is 9.73 Å². The highest BCUT2D eigenvalue weighted by atomic mass is 16.6. The Morgan fingerprint density at radius 2 is 2.20 bits per heavy atom. The molecule has 2 aromatic rings. The summed E-state index contributed by atoms with van der Waals surface area (Å²) in [4.78, 5) is 26.4. The van der Waals surface area contributed by atoms with Crippen LogP contribution in [0.25, 0.3) is 0 Å². The molecule has 7 nitrogen and oxygen atoms in total. The second kappa shape index (κ2) is 4.61. The standard InChI is InChI=1S/C13H9N3O4/c17-13-7-11(12-2-1-5-20-12)14-10-6-8(16(18)19)3-4-9(10)15-13/h1-6H,7H2,(H,15,17). The molecule has 0 spiro atoms. The predicted molar refractivity (Wildman–Crippen MR) is 71.2 cm³/mol. The maximum atomic E-state index is 11.8. The molecule has 0 radical (unpaired) electrons. The number of hydrogen-bond acceptors (Lipinski definition) is 5. The molecule has 1 aliphatic heterocycles. The minimum atomic E-state index is -0.505. The average molecular weight is 271 g/mol. The smallest absolute Gasteiger partial charge is 0.271 e. The van der Waals surface area contributed by atoms with Gasteiger partial charge in [-0.1, -0.05) is 0 Å². The van der Waals surface area contributed by atoms with Gasteiger partial charge in [0.25, 0.3) is 5.69 Å². The van der Waals surface area contributed by atoms with E-state index in [0.29, 0.717) is 22.8 Å². The molecule has 0 atom stereocenters. The lowest BCUT2D eigenvalue weighted by molar-refractivity contribution is -0.384. The molecule has 1 aliphatic rings.